The molecule has 1 aromatic heterocycles. The zero-order chi connectivity index (χ0) is 13.1. The van der Waals surface area contributed by atoms with Crippen LogP contribution in [0.3, 0.4) is 0 Å². The molecule has 2 rings (SSSR count). The molecule has 0 aliphatic rings. The lowest BCUT2D eigenvalue weighted by Crippen LogP contribution is -2.20. The standard InChI is InChI=1S/C12H10FN3OS/c13-10-2-1-8(12(14)18)5-9(10)6-16-7-15-4-3-11(16)17/h1-5,7H,6H2,(H2,14,18). The normalized spacial score (nSPS) is 10.3. The highest BCUT2D eigenvalue weighted by Gasteiger charge is 2.06. The number of nitrogens with two attached hydrogens (primary N) is 1. The molecule has 0 fully saturated rings. The van der Waals surface area contributed by atoms with E-state index in [4.69, 9.17) is 18.0 Å². The van der Waals surface area contributed by atoms with E-state index in [0.717, 1.165) is 0 Å². The molecule has 0 bridgehead atoms. The Kier molecular flexibility index (Phi) is 3.47. The van der Waals surface area contributed by atoms with Crippen LogP contribution in [-0.2, 0) is 6.54 Å². The van der Waals surface area contributed by atoms with Gasteiger partial charge in [0.25, 0.3) is 5.56 Å². The highest BCUT2D eigenvalue weighted by molar-refractivity contribution is 7.80. The molecule has 0 spiro atoms. The quantitative estimate of drug-likeness (QED) is 0.841. The van der Waals surface area contributed by atoms with E-state index in [2.05, 4.69) is 4.98 Å². The van der Waals surface area contributed by atoms with Crippen molar-refractivity contribution >= 4 is 17.2 Å². The summed E-state index contributed by atoms with van der Waals surface area (Å²) in [5.41, 5.74) is 6.15. The van der Waals surface area contributed by atoms with Crippen molar-refractivity contribution in [2.45, 2.75) is 6.54 Å². The molecular weight excluding hydrogens is 253 g/mol. The molecule has 2 N–H and O–H groups in total. The number of benzene rings is 1. The van der Waals surface area contributed by atoms with E-state index in [0.29, 0.717) is 11.1 Å². The molecule has 0 aliphatic carbocycles. The van der Waals surface area contributed by atoms with Gasteiger partial charge in [-0.15, -0.1) is 0 Å². The third kappa shape index (κ3) is 2.60. The van der Waals surface area contributed by atoms with E-state index < -0.39 is 5.82 Å². The van der Waals surface area contributed by atoms with Gasteiger partial charge in [0.1, 0.15) is 10.8 Å². The van der Waals surface area contributed by atoms with Crippen LogP contribution in [0, 0.1) is 5.82 Å². The van der Waals surface area contributed by atoms with E-state index >= 15 is 0 Å². The fourth-order valence-electron chi connectivity index (χ4n) is 1.53. The zero-order valence-electron chi connectivity index (χ0n) is 9.34. The topological polar surface area (TPSA) is 60.9 Å². The number of aromatic nitrogens is 2. The smallest absolute Gasteiger partial charge is 0.253 e. The van der Waals surface area contributed by atoms with Gasteiger partial charge in [0.05, 0.1) is 12.9 Å². The summed E-state index contributed by atoms with van der Waals surface area (Å²) in [6.45, 7) is 0.0922. The van der Waals surface area contributed by atoms with E-state index in [9.17, 15) is 9.18 Å². The van der Waals surface area contributed by atoms with Crippen LogP contribution in [0.1, 0.15) is 11.1 Å². The third-order valence-corrected chi connectivity index (χ3v) is 2.70. The predicted molar refractivity (Wildman–Crippen MR) is 69.9 cm³/mol. The van der Waals surface area contributed by atoms with E-state index in [1.165, 1.54) is 41.4 Å². The summed E-state index contributed by atoms with van der Waals surface area (Å²) in [4.78, 5) is 15.5. The average molecular weight is 263 g/mol. The fourth-order valence-corrected chi connectivity index (χ4v) is 1.66. The zero-order valence-corrected chi connectivity index (χ0v) is 10.2. The number of hydrogen-bond donors (Lipinski definition) is 1. The second kappa shape index (κ2) is 5.05. The van der Waals surface area contributed by atoms with Crippen molar-refractivity contribution in [2.75, 3.05) is 0 Å². The first kappa shape index (κ1) is 12.4. The van der Waals surface area contributed by atoms with Crippen LogP contribution in [0.25, 0.3) is 0 Å². The number of thiocarbonyl (C=S) groups is 1. The monoisotopic (exact) mass is 263 g/mol. The highest BCUT2D eigenvalue weighted by atomic mass is 32.1. The minimum Gasteiger partial charge on any atom is -0.389 e. The second-order valence-electron chi connectivity index (χ2n) is 3.72. The minimum absolute atomic E-state index is 0.0922. The van der Waals surface area contributed by atoms with Crippen LogP contribution in [0.15, 0.2) is 41.6 Å². The first-order valence-electron chi connectivity index (χ1n) is 5.16. The van der Waals surface area contributed by atoms with E-state index in [1.807, 2.05) is 0 Å². The SMILES string of the molecule is NC(=S)c1ccc(F)c(Cn2cnccc2=O)c1. The first-order chi connectivity index (χ1) is 8.58. The minimum atomic E-state index is -0.411. The Labute approximate surface area is 108 Å². The van der Waals surface area contributed by atoms with Crippen LogP contribution >= 0.6 is 12.2 Å². The van der Waals surface area contributed by atoms with Gasteiger partial charge in [-0.1, -0.05) is 12.2 Å². The Balaban J connectivity index is 2.40. The van der Waals surface area contributed by atoms with Gasteiger partial charge in [0.2, 0.25) is 0 Å². The Morgan fingerprint density at radius 2 is 2.22 bits per heavy atom. The van der Waals surface area contributed by atoms with E-state index in [1.54, 1.807) is 0 Å². The lowest BCUT2D eigenvalue weighted by Gasteiger charge is -2.07. The molecule has 0 saturated carbocycles. The summed E-state index contributed by atoms with van der Waals surface area (Å²) >= 11 is 4.83. The summed E-state index contributed by atoms with van der Waals surface area (Å²) in [5, 5.41) is 0. The van der Waals surface area contributed by atoms with E-state index in [-0.39, 0.29) is 17.1 Å². The van der Waals surface area contributed by atoms with Crippen LogP contribution in [-0.4, -0.2) is 14.5 Å². The van der Waals surface area contributed by atoms with Crippen molar-refractivity contribution in [2.24, 2.45) is 5.73 Å². The van der Waals surface area contributed by atoms with Crippen molar-refractivity contribution in [3.05, 3.63) is 64.1 Å². The summed E-state index contributed by atoms with van der Waals surface area (Å²) < 4.78 is 14.9. The molecule has 6 heteroatoms. The molecule has 1 heterocycles. The molecule has 0 saturated heterocycles. The maximum absolute atomic E-state index is 13.6. The molecule has 0 atom stereocenters. The predicted octanol–water partition coefficient (Wildman–Crippen LogP) is 1.06. The first-order valence-corrected chi connectivity index (χ1v) is 5.57. The van der Waals surface area contributed by atoms with Crippen LogP contribution in [0.2, 0.25) is 0 Å². The van der Waals surface area contributed by atoms with Crippen molar-refractivity contribution in [3.8, 4) is 0 Å². The molecule has 0 radical (unpaired) electrons. The Morgan fingerprint density at radius 1 is 1.44 bits per heavy atom. The fraction of sp³-hybridized carbons (Fsp3) is 0.0833. The maximum atomic E-state index is 13.6. The molecule has 92 valence electrons. The van der Waals surface area contributed by atoms with Gasteiger partial charge < -0.3 is 5.73 Å². The molecule has 0 unspecified atom stereocenters. The van der Waals surface area contributed by atoms with Crippen molar-refractivity contribution < 1.29 is 4.39 Å². The Bertz CT molecular complexity index is 654. The molecule has 2 aromatic rings. The molecule has 0 aliphatic heterocycles. The molecule has 0 amide bonds. The van der Waals surface area contributed by atoms with Crippen LogP contribution in [0.5, 0.6) is 0 Å². The van der Waals surface area contributed by atoms with Crippen molar-refractivity contribution in [1.29, 1.82) is 0 Å². The maximum Gasteiger partial charge on any atom is 0.253 e. The number of nitrogens with zero attached hydrogens (tertiary/aromatic N) is 2. The number of hydrogen-bond acceptors (Lipinski definition) is 3. The summed E-state index contributed by atoms with van der Waals surface area (Å²) in [6.07, 6.45) is 2.75. The van der Waals surface area contributed by atoms with Crippen LogP contribution < -0.4 is 11.3 Å². The van der Waals surface area contributed by atoms with Crippen molar-refractivity contribution in [3.63, 3.8) is 0 Å². The molecular formula is C12H10FN3OS. The summed E-state index contributed by atoms with van der Waals surface area (Å²) in [7, 11) is 0. The second-order valence-corrected chi connectivity index (χ2v) is 4.16. The lowest BCUT2D eigenvalue weighted by atomic mass is 10.1. The molecule has 1 aromatic carbocycles. The summed E-state index contributed by atoms with van der Waals surface area (Å²) in [6, 6.07) is 5.64. The number of rotatable bonds is 3. The average Bonchev–Trinajstić information content (AvgIpc) is 2.34. The van der Waals surface area contributed by atoms with Crippen LogP contribution in [0.4, 0.5) is 4.39 Å². The van der Waals surface area contributed by atoms with Crippen molar-refractivity contribution in [1.82, 2.24) is 9.55 Å². The highest BCUT2D eigenvalue weighted by Crippen LogP contribution is 2.11. The summed E-state index contributed by atoms with van der Waals surface area (Å²) in [5.74, 6) is -0.411. The third-order valence-electron chi connectivity index (χ3n) is 2.46. The molecule has 4 nitrogen and oxygen atoms in total. The lowest BCUT2D eigenvalue weighted by molar-refractivity contribution is 0.594. The van der Waals surface area contributed by atoms with Gasteiger partial charge in [-0.2, -0.15) is 0 Å². The van der Waals surface area contributed by atoms with Gasteiger partial charge in [0.15, 0.2) is 0 Å². The Morgan fingerprint density at radius 3 is 2.89 bits per heavy atom. The largest absolute Gasteiger partial charge is 0.389 e. The van der Waals surface area contributed by atoms with Gasteiger partial charge in [-0.3, -0.25) is 9.36 Å². The number of halogens is 1. The van der Waals surface area contributed by atoms with Gasteiger partial charge in [-0.25, -0.2) is 9.37 Å². The Hall–Kier alpha value is -2.08. The van der Waals surface area contributed by atoms with Gasteiger partial charge in [-0.05, 0) is 18.2 Å². The van der Waals surface area contributed by atoms with Gasteiger partial charge in [0, 0.05) is 23.4 Å². The molecule has 18 heavy (non-hydrogen) atoms. The van der Waals surface area contributed by atoms with Gasteiger partial charge >= 0.3 is 0 Å².